The predicted molar refractivity (Wildman–Crippen MR) is 128 cm³/mol. The summed E-state index contributed by atoms with van der Waals surface area (Å²) < 4.78 is 19.9. The van der Waals surface area contributed by atoms with E-state index < -0.39 is 0 Å². The fourth-order valence-corrected chi connectivity index (χ4v) is 4.81. The number of methoxy groups -OCH3 is 1. The van der Waals surface area contributed by atoms with Crippen LogP contribution >= 0.6 is 11.6 Å². The molecule has 2 aromatic rings. The second-order valence-electron chi connectivity index (χ2n) is 9.49. The molecule has 2 aromatic heterocycles. The maximum absolute atomic E-state index is 14.7. The summed E-state index contributed by atoms with van der Waals surface area (Å²) in [5.74, 6) is 0.967. The van der Waals surface area contributed by atoms with Crippen molar-refractivity contribution < 1.29 is 9.13 Å². The van der Waals surface area contributed by atoms with E-state index in [0.29, 0.717) is 34.6 Å². The van der Waals surface area contributed by atoms with Crippen molar-refractivity contribution in [3.05, 3.63) is 41.2 Å². The first-order valence-corrected chi connectivity index (χ1v) is 12.2. The standard InChI is InChI=1S/C25H34ClFN4O/c1-16(15-32-2)31-20-7-5-17(6-8-20)9-21-11-22(23(27)14-28-21)19-10-24(25(26)30-13-19)29-12-18-3-4-18/h10-11,13-14,16-18,20,29,31H,3-9,12,15H2,1-2H3/t16-,17?,20?/m0/s1. The molecule has 2 aliphatic rings. The summed E-state index contributed by atoms with van der Waals surface area (Å²) in [7, 11) is 1.74. The minimum absolute atomic E-state index is 0.328. The quantitative estimate of drug-likeness (QED) is 0.459. The van der Waals surface area contributed by atoms with Gasteiger partial charge in [0.2, 0.25) is 0 Å². The predicted octanol–water partition coefficient (Wildman–Crippen LogP) is 5.48. The number of rotatable bonds is 10. The van der Waals surface area contributed by atoms with Crippen LogP contribution in [-0.4, -0.2) is 42.3 Å². The van der Waals surface area contributed by atoms with Crippen molar-refractivity contribution in [2.45, 2.75) is 64.0 Å². The molecule has 2 N–H and O–H groups in total. The number of pyridine rings is 2. The van der Waals surface area contributed by atoms with E-state index in [1.807, 2.05) is 12.1 Å². The van der Waals surface area contributed by atoms with Crippen molar-refractivity contribution in [3.8, 4) is 11.1 Å². The molecule has 5 nitrogen and oxygen atoms in total. The average Bonchev–Trinajstić information content (AvgIpc) is 3.61. The monoisotopic (exact) mass is 460 g/mol. The van der Waals surface area contributed by atoms with Crippen LogP contribution in [0.1, 0.15) is 51.1 Å². The number of halogens is 2. The maximum atomic E-state index is 14.7. The van der Waals surface area contributed by atoms with Crippen molar-refractivity contribution >= 4 is 17.3 Å². The second kappa shape index (κ2) is 10.9. The van der Waals surface area contributed by atoms with Crippen LogP contribution in [0.5, 0.6) is 0 Å². The molecule has 7 heteroatoms. The van der Waals surface area contributed by atoms with E-state index in [2.05, 4.69) is 27.5 Å². The van der Waals surface area contributed by atoms with Crippen LogP contribution in [0, 0.1) is 17.7 Å². The summed E-state index contributed by atoms with van der Waals surface area (Å²) >= 11 is 6.26. The zero-order valence-corrected chi connectivity index (χ0v) is 19.8. The maximum Gasteiger partial charge on any atom is 0.152 e. The summed E-state index contributed by atoms with van der Waals surface area (Å²) in [5.41, 5.74) is 2.97. The topological polar surface area (TPSA) is 59.1 Å². The van der Waals surface area contributed by atoms with E-state index in [0.717, 1.165) is 62.2 Å². The molecule has 0 spiro atoms. The van der Waals surface area contributed by atoms with Gasteiger partial charge in [-0.1, -0.05) is 11.6 Å². The molecule has 0 amide bonds. The molecule has 0 radical (unpaired) electrons. The van der Waals surface area contributed by atoms with Gasteiger partial charge in [-0.25, -0.2) is 9.37 Å². The third-order valence-electron chi connectivity index (χ3n) is 6.62. The molecule has 2 saturated carbocycles. The molecule has 2 fully saturated rings. The lowest BCUT2D eigenvalue weighted by Gasteiger charge is -2.31. The molecule has 4 rings (SSSR count). The Labute approximate surface area is 195 Å². The summed E-state index contributed by atoms with van der Waals surface area (Å²) in [6.45, 7) is 3.79. The highest BCUT2D eigenvalue weighted by atomic mass is 35.5. The van der Waals surface area contributed by atoms with E-state index in [1.54, 1.807) is 13.3 Å². The summed E-state index contributed by atoms with van der Waals surface area (Å²) in [4.78, 5) is 8.67. The number of aromatic nitrogens is 2. The highest BCUT2D eigenvalue weighted by Crippen LogP contribution is 2.33. The minimum atomic E-state index is -0.328. The Kier molecular flexibility index (Phi) is 7.98. The van der Waals surface area contributed by atoms with E-state index in [4.69, 9.17) is 16.3 Å². The SMILES string of the molecule is COC[C@H](C)NC1CCC(Cc2cc(-c3cnc(Cl)c(NCC4CC4)c3)c(F)cn2)CC1. The van der Waals surface area contributed by atoms with Gasteiger partial charge in [-0.2, -0.15) is 0 Å². The van der Waals surface area contributed by atoms with Gasteiger partial charge in [-0.15, -0.1) is 0 Å². The van der Waals surface area contributed by atoms with Crippen LogP contribution in [0.2, 0.25) is 5.15 Å². The van der Waals surface area contributed by atoms with Gasteiger partial charge in [0, 0.05) is 48.8 Å². The molecule has 0 aromatic carbocycles. The highest BCUT2D eigenvalue weighted by molar-refractivity contribution is 6.32. The van der Waals surface area contributed by atoms with Crippen LogP contribution < -0.4 is 10.6 Å². The van der Waals surface area contributed by atoms with Gasteiger partial charge in [0.25, 0.3) is 0 Å². The highest BCUT2D eigenvalue weighted by Gasteiger charge is 2.24. The lowest BCUT2D eigenvalue weighted by Crippen LogP contribution is -2.41. The smallest absolute Gasteiger partial charge is 0.152 e. The second-order valence-corrected chi connectivity index (χ2v) is 9.84. The summed E-state index contributed by atoms with van der Waals surface area (Å²) in [6, 6.07) is 4.71. The Morgan fingerprint density at radius 3 is 2.56 bits per heavy atom. The van der Waals surface area contributed by atoms with Crippen LogP contribution in [0.15, 0.2) is 24.5 Å². The Balaban J connectivity index is 1.38. The van der Waals surface area contributed by atoms with Crippen LogP contribution in [-0.2, 0) is 11.2 Å². The Bertz CT molecular complexity index is 900. The molecule has 0 bridgehead atoms. The van der Waals surface area contributed by atoms with Gasteiger partial charge in [0.05, 0.1) is 18.5 Å². The number of hydrogen-bond donors (Lipinski definition) is 2. The number of anilines is 1. The lowest BCUT2D eigenvalue weighted by atomic mass is 9.83. The van der Waals surface area contributed by atoms with E-state index >= 15 is 0 Å². The molecule has 32 heavy (non-hydrogen) atoms. The summed E-state index contributed by atoms with van der Waals surface area (Å²) in [5, 5.41) is 7.45. The molecule has 1 atom stereocenters. The van der Waals surface area contributed by atoms with Crippen molar-refractivity contribution in [2.24, 2.45) is 11.8 Å². The number of ether oxygens (including phenoxy) is 1. The van der Waals surface area contributed by atoms with E-state index in [-0.39, 0.29) is 5.82 Å². The molecule has 2 aliphatic carbocycles. The van der Waals surface area contributed by atoms with Crippen molar-refractivity contribution in [1.82, 2.24) is 15.3 Å². The van der Waals surface area contributed by atoms with E-state index in [1.165, 1.54) is 19.0 Å². The largest absolute Gasteiger partial charge is 0.383 e. The fourth-order valence-electron chi connectivity index (χ4n) is 4.64. The first-order valence-electron chi connectivity index (χ1n) is 11.8. The first-order chi connectivity index (χ1) is 15.5. The van der Waals surface area contributed by atoms with Gasteiger partial charge in [-0.3, -0.25) is 4.98 Å². The third-order valence-corrected chi connectivity index (χ3v) is 6.92. The Morgan fingerprint density at radius 1 is 1.09 bits per heavy atom. The van der Waals surface area contributed by atoms with Gasteiger partial charge in [0.15, 0.2) is 5.15 Å². The molecule has 2 heterocycles. The molecule has 0 unspecified atom stereocenters. The van der Waals surface area contributed by atoms with Crippen molar-refractivity contribution in [1.29, 1.82) is 0 Å². The van der Waals surface area contributed by atoms with Gasteiger partial charge < -0.3 is 15.4 Å². The molecule has 0 aliphatic heterocycles. The lowest BCUT2D eigenvalue weighted by molar-refractivity contribution is 0.158. The number of nitrogens with one attached hydrogen (secondary N) is 2. The molecular formula is C25H34ClFN4O. The van der Waals surface area contributed by atoms with Crippen molar-refractivity contribution in [3.63, 3.8) is 0 Å². The Morgan fingerprint density at radius 2 is 1.84 bits per heavy atom. The first kappa shape index (κ1) is 23.4. The molecule has 0 saturated heterocycles. The van der Waals surface area contributed by atoms with Crippen LogP contribution in [0.4, 0.5) is 10.1 Å². The van der Waals surface area contributed by atoms with Crippen LogP contribution in [0.25, 0.3) is 11.1 Å². The zero-order chi connectivity index (χ0) is 22.5. The summed E-state index contributed by atoms with van der Waals surface area (Å²) in [6.07, 6.45) is 11.0. The third kappa shape index (κ3) is 6.40. The van der Waals surface area contributed by atoms with Gasteiger partial charge in [0.1, 0.15) is 5.82 Å². The van der Waals surface area contributed by atoms with E-state index in [9.17, 15) is 4.39 Å². The zero-order valence-electron chi connectivity index (χ0n) is 19.0. The molecular weight excluding hydrogens is 427 g/mol. The average molecular weight is 461 g/mol. The van der Waals surface area contributed by atoms with Gasteiger partial charge in [-0.05, 0) is 75.8 Å². The fraction of sp³-hybridized carbons (Fsp3) is 0.600. The number of nitrogens with zero attached hydrogens (tertiary/aromatic N) is 2. The van der Waals surface area contributed by atoms with Gasteiger partial charge >= 0.3 is 0 Å². The molecule has 174 valence electrons. The van der Waals surface area contributed by atoms with Crippen molar-refractivity contribution in [2.75, 3.05) is 25.6 Å². The minimum Gasteiger partial charge on any atom is -0.383 e. The Hall–Kier alpha value is -1.76. The van der Waals surface area contributed by atoms with Crippen LogP contribution in [0.3, 0.4) is 0 Å². The number of hydrogen-bond acceptors (Lipinski definition) is 5. The normalized spacial score (nSPS) is 22.0.